The van der Waals surface area contributed by atoms with Crippen LogP contribution in [0.15, 0.2) is 11.2 Å². The van der Waals surface area contributed by atoms with Gasteiger partial charge in [0.15, 0.2) is 5.16 Å². The summed E-state index contributed by atoms with van der Waals surface area (Å²) in [6.45, 7) is 2.98. The molecule has 2 aliphatic carbocycles. The molecular weight excluding hydrogens is 388 g/mol. The molecule has 1 saturated carbocycles. The van der Waals surface area contributed by atoms with Gasteiger partial charge in [0.1, 0.15) is 5.82 Å². The first-order valence-corrected chi connectivity index (χ1v) is 12.6. The van der Waals surface area contributed by atoms with Crippen LogP contribution in [-0.2, 0) is 19.3 Å². The van der Waals surface area contributed by atoms with E-state index in [1.165, 1.54) is 42.5 Å². The predicted octanol–water partition coefficient (Wildman–Crippen LogP) is 4.66. The second-order valence-corrected chi connectivity index (χ2v) is 10.1. The van der Waals surface area contributed by atoms with E-state index in [2.05, 4.69) is 39.3 Å². The maximum absolute atomic E-state index is 12.5. The zero-order valence-electron chi connectivity index (χ0n) is 16.9. The SMILES string of the molecule is CSc1nnc(CCCNC(=O)c2cc3c(s2)CC[C@H](C)C3)n1C1CCCC1. The summed E-state index contributed by atoms with van der Waals surface area (Å²) < 4.78 is 2.36. The first-order chi connectivity index (χ1) is 13.7. The third kappa shape index (κ3) is 4.30. The minimum absolute atomic E-state index is 0.0779. The molecule has 1 N–H and O–H groups in total. The number of hydrogen-bond acceptors (Lipinski definition) is 5. The molecule has 4 rings (SSSR count). The number of nitrogens with one attached hydrogen (secondary N) is 1. The maximum atomic E-state index is 12.5. The van der Waals surface area contributed by atoms with E-state index in [0.29, 0.717) is 12.6 Å². The number of fused-ring (bicyclic) bond motifs is 1. The maximum Gasteiger partial charge on any atom is 0.261 e. The van der Waals surface area contributed by atoms with Crippen molar-refractivity contribution >= 4 is 29.0 Å². The van der Waals surface area contributed by atoms with Crippen LogP contribution >= 0.6 is 23.1 Å². The van der Waals surface area contributed by atoms with Crippen LogP contribution in [0.5, 0.6) is 0 Å². The summed E-state index contributed by atoms with van der Waals surface area (Å²) in [4.78, 5) is 14.8. The molecule has 1 fully saturated rings. The highest BCUT2D eigenvalue weighted by atomic mass is 32.2. The van der Waals surface area contributed by atoms with Crippen molar-refractivity contribution in [2.75, 3.05) is 12.8 Å². The molecular formula is C21H30N4OS2. The zero-order chi connectivity index (χ0) is 19.5. The van der Waals surface area contributed by atoms with Gasteiger partial charge in [-0.25, -0.2) is 0 Å². The lowest BCUT2D eigenvalue weighted by atomic mass is 9.90. The van der Waals surface area contributed by atoms with Crippen LogP contribution in [0.25, 0.3) is 0 Å². The Morgan fingerprint density at radius 3 is 2.93 bits per heavy atom. The summed E-state index contributed by atoms with van der Waals surface area (Å²) in [5.74, 6) is 1.89. The van der Waals surface area contributed by atoms with Gasteiger partial charge in [-0.05, 0) is 62.3 Å². The number of hydrogen-bond donors (Lipinski definition) is 1. The van der Waals surface area contributed by atoms with Gasteiger partial charge >= 0.3 is 0 Å². The number of aryl methyl sites for hydroxylation is 2. The lowest BCUT2D eigenvalue weighted by Crippen LogP contribution is -2.24. The van der Waals surface area contributed by atoms with E-state index in [1.807, 2.05) is 0 Å². The molecule has 5 nitrogen and oxygen atoms in total. The zero-order valence-corrected chi connectivity index (χ0v) is 18.5. The fourth-order valence-electron chi connectivity index (χ4n) is 4.50. The summed E-state index contributed by atoms with van der Waals surface area (Å²) in [5, 5.41) is 13.0. The minimum Gasteiger partial charge on any atom is -0.351 e. The summed E-state index contributed by atoms with van der Waals surface area (Å²) >= 11 is 3.36. The molecule has 0 unspecified atom stereocenters. The Balaban J connectivity index is 1.30. The molecule has 1 amide bonds. The first-order valence-electron chi connectivity index (χ1n) is 10.5. The average Bonchev–Trinajstić information content (AvgIpc) is 3.42. The van der Waals surface area contributed by atoms with Gasteiger partial charge in [-0.1, -0.05) is 31.5 Å². The molecule has 0 saturated heterocycles. The van der Waals surface area contributed by atoms with Gasteiger partial charge < -0.3 is 9.88 Å². The van der Waals surface area contributed by atoms with E-state index >= 15 is 0 Å². The van der Waals surface area contributed by atoms with Crippen LogP contribution in [0.4, 0.5) is 0 Å². The van der Waals surface area contributed by atoms with Crippen molar-refractivity contribution in [2.24, 2.45) is 5.92 Å². The molecule has 2 heterocycles. The number of thioether (sulfide) groups is 1. The quantitative estimate of drug-likeness (QED) is 0.525. The van der Waals surface area contributed by atoms with Crippen LogP contribution in [-0.4, -0.2) is 33.5 Å². The third-order valence-corrected chi connectivity index (χ3v) is 7.90. The van der Waals surface area contributed by atoms with Crippen molar-refractivity contribution in [1.82, 2.24) is 20.1 Å². The number of carbonyl (C=O) groups is 1. The van der Waals surface area contributed by atoms with Crippen molar-refractivity contribution in [3.8, 4) is 0 Å². The predicted molar refractivity (Wildman–Crippen MR) is 115 cm³/mol. The lowest BCUT2D eigenvalue weighted by molar-refractivity contribution is 0.0957. The number of thiophene rings is 1. The van der Waals surface area contributed by atoms with Gasteiger partial charge in [-0.15, -0.1) is 21.5 Å². The van der Waals surface area contributed by atoms with Gasteiger partial charge in [0.25, 0.3) is 5.91 Å². The molecule has 0 bridgehead atoms. The van der Waals surface area contributed by atoms with Crippen molar-refractivity contribution in [1.29, 1.82) is 0 Å². The summed E-state index contributed by atoms with van der Waals surface area (Å²) in [7, 11) is 0. The van der Waals surface area contributed by atoms with Crippen LogP contribution in [0.1, 0.15) is 77.4 Å². The third-order valence-electron chi connectivity index (χ3n) is 6.02. The minimum atomic E-state index is 0.0779. The van der Waals surface area contributed by atoms with E-state index in [4.69, 9.17) is 0 Å². The molecule has 0 aromatic carbocycles. The van der Waals surface area contributed by atoms with Gasteiger partial charge in [-0.3, -0.25) is 4.79 Å². The Bertz CT molecular complexity index is 822. The molecule has 0 aliphatic heterocycles. The number of amides is 1. The van der Waals surface area contributed by atoms with Crippen LogP contribution in [0.2, 0.25) is 0 Å². The van der Waals surface area contributed by atoms with Crippen LogP contribution < -0.4 is 5.32 Å². The Hall–Kier alpha value is -1.34. The number of aromatic nitrogens is 3. The Labute approximate surface area is 175 Å². The molecule has 2 aromatic rings. The highest BCUT2D eigenvalue weighted by Crippen LogP contribution is 2.34. The summed E-state index contributed by atoms with van der Waals surface area (Å²) in [6, 6.07) is 2.67. The molecule has 1 atom stereocenters. The fraction of sp³-hybridized carbons (Fsp3) is 0.667. The molecule has 0 spiro atoms. The molecule has 152 valence electrons. The Morgan fingerprint density at radius 2 is 2.14 bits per heavy atom. The van der Waals surface area contributed by atoms with E-state index < -0.39 is 0 Å². The van der Waals surface area contributed by atoms with E-state index in [9.17, 15) is 4.79 Å². The van der Waals surface area contributed by atoms with E-state index in [-0.39, 0.29) is 5.91 Å². The normalized spacial score (nSPS) is 19.7. The number of carbonyl (C=O) groups excluding carboxylic acids is 1. The monoisotopic (exact) mass is 418 g/mol. The summed E-state index contributed by atoms with van der Waals surface area (Å²) in [6.07, 6.45) is 12.4. The lowest BCUT2D eigenvalue weighted by Gasteiger charge is -2.16. The standard InChI is InChI=1S/C21H30N4OS2/c1-14-9-10-17-15(12-14)13-18(28-17)20(26)22-11-5-8-19-23-24-21(27-2)25(19)16-6-3-4-7-16/h13-14,16H,3-12H2,1-2H3,(H,22,26)/t14-/m0/s1. The molecule has 7 heteroatoms. The van der Waals surface area contributed by atoms with E-state index in [0.717, 1.165) is 47.5 Å². The molecule has 0 radical (unpaired) electrons. The highest BCUT2D eigenvalue weighted by molar-refractivity contribution is 7.98. The molecule has 2 aromatic heterocycles. The largest absolute Gasteiger partial charge is 0.351 e. The van der Waals surface area contributed by atoms with Crippen molar-refractivity contribution in [3.05, 3.63) is 27.2 Å². The van der Waals surface area contributed by atoms with Gasteiger partial charge in [-0.2, -0.15) is 0 Å². The number of nitrogens with zero attached hydrogens (tertiary/aromatic N) is 3. The molecule has 2 aliphatic rings. The smallest absolute Gasteiger partial charge is 0.261 e. The number of rotatable bonds is 7. The van der Waals surface area contributed by atoms with Crippen molar-refractivity contribution in [2.45, 2.75) is 75.9 Å². The topological polar surface area (TPSA) is 59.8 Å². The van der Waals surface area contributed by atoms with Crippen LogP contribution in [0, 0.1) is 5.92 Å². The second-order valence-electron chi connectivity index (χ2n) is 8.18. The van der Waals surface area contributed by atoms with Gasteiger partial charge in [0, 0.05) is 23.9 Å². The first kappa shape index (κ1) is 20.0. The van der Waals surface area contributed by atoms with Crippen LogP contribution in [0.3, 0.4) is 0 Å². The van der Waals surface area contributed by atoms with Crippen molar-refractivity contribution < 1.29 is 4.79 Å². The summed E-state index contributed by atoms with van der Waals surface area (Å²) in [5.41, 5.74) is 1.39. The Kier molecular flexibility index (Phi) is 6.41. The van der Waals surface area contributed by atoms with E-state index in [1.54, 1.807) is 23.1 Å². The molecule has 28 heavy (non-hydrogen) atoms. The Morgan fingerprint density at radius 1 is 1.32 bits per heavy atom. The van der Waals surface area contributed by atoms with Gasteiger partial charge in [0.05, 0.1) is 4.88 Å². The highest BCUT2D eigenvalue weighted by Gasteiger charge is 2.24. The van der Waals surface area contributed by atoms with Crippen molar-refractivity contribution in [3.63, 3.8) is 0 Å². The average molecular weight is 419 g/mol. The fourth-order valence-corrected chi connectivity index (χ4v) is 6.20. The second kappa shape index (κ2) is 8.99. The van der Waals surface area contributed by atoms with Gasteiger partial charge in [0.2, 0.25) is 0 Å².